The molecule has 158 valence electrons. The molecule has 0 radical (unpaired) electrons. The van der Waals surface area contributed by atoms with Crippen molar-refractivity contribution >= 4 is 34.9 Å². The molecule has 2 amide bonds. The second-order valence-electron chi connectivity index (χ2n) is 5.81. The zero-order valence-electron chi connectivity index (χ0n) is 14.1. The summed E-state index contributed by atoms with van der Waals surface area (Å²) in [5.41, 5.74) is -1.28. The van der Waals surface area contributed by atoms with Crippen LogP contribution >= 0.6 is 23.2 Å². The molecule has 0 heterocycles. The summed E-state index contributed by atoms with van der Waals surface area (Å²) < 4.78 is 75.3. The van der Waals surface area contributed by atoms with E-state index in [9.17, 15) is 36.2 Å². The summed E-state index contributed by atoms with van der Waals surface area (Å²) >= 11 is 11.7. The van der Waals surface area contributed by atoms with Crippen LogP contribution in [0.5, 0.6) is 0 Å². The number of carbonyl (C=O) groups is 1. The number of urea groups is 1. The van der Waals surface area contributed by atoms with Gasteiger partial charge in [0, 0.05) is 6.54 Å². The van der Waals surface area contributed by atoms with Crippen molar-refractivity contribution in [3.8, 4) is 0 Å². The maximum Gasteiger partial charge on any atom is 0.418 e. The van der Waals surface area contributed by atoms with Gasteiger partial charge in [-0.25, -0.2) is 4.79 Å². The highest BCUT2D eigenvalue weighted by molar-refractivity contribution is 6.39. The maximum absolute atomic E-state index is 12.6. The van der Waals surface area contributed by atoms with E-state index in [1.807, 2.05) is 0 Å². The van der Waals surface area contributed by atoms with Crippen LogP contribution in [-0.4, -0.2) is 17.3 Å². The first-order chi connectivity index (χ1) is 13.3. The summed E-state index contributed by atoms with van der Waals surface area (Å²) in [5.74, 6) is 0. The molecule has 0 aliphatic heterocycles. The molecule has 0 aromatic heterocycles. The third-order valence-electron chi connectivity index (χ3n) is 3.66. The summed E-state index contributed by atoms with van der Waals surface area (Å²) in [4.78, 5) is 11.9. The van der Waals surface area contributed by atoms with E-state index in [0.717, 1.165) is 24.3 Å². The van der Waals surface area contributed by atoms with Crippen molar-refractivity contribution in [1.82, 2.24) is 5.32 Å². The fourth-order valence-electron chi connectivity index (χ4n) is 2.21. The molecule has 2 aromatic rings. The van der Waals surface area contributed by atoms with E-state index in [2.05, 4.69) is 10.6 Å². The van der Waals surface area contributed by atoms with E-state index in [4.69, 9.17) is 23.2 Å². The first-order valence-corrected chi connectivity index (χ1v) is 8.49. The number of amides is 2. The minimum Gasteiger partial charge on any atom is -0.379 e. The lowest BCUT2D eigenvalue weighted by atomic mass is 10.1. The molecule has 0 saturated heterocycles. The Hall–Kier alpha value is -2.17. The fraction of sp³-hybridized carbons (Fsp3) is 0.235. The number of benzene rings is 2. The molecule has 0 unspecified atom stereocenters. The van der Waals surface area contributed by atoms with Gasteiger partial charge in [-0.2, -0.15) is 26.3 Å². The Morgan fingerprint density at radius 3 is 1.97 bits per heavy atom. The van der Waals surface area contributed by atoms with Gasteiger partial charge in [-0.15, -0.1) is 0 Å². The number of nitrogens with one attached hydrogen (secondary N) is 2. The van der Waals surface area contributed by atoms with Gasteiger partial charge in [-0.3, -0.25) is 0 Å². The van der Waals surface area contributed by atoms with Crippen molar-refractivity contribution in [3.63, 3.8) is 0 Å². The predicted molar refractivity (Wildman–Crippen MR) is 94.8 cm³/mol. The SMILES string of the molecule is O=C(NCc1ccc(C(F)(F)F)cc1)Nc1c(Cl)cc([C@H](O)C(F)(F)F)cc1Cl. The Balaban J connectivity index is 2.04. The van der Waals surface area contributed by atoms with Gasteiger partial charge in [0.05, 0.1) is 21.3 Å². The minimum absolute atomic E-state index is 0.135. The summed E-state index contributed by atoms with van der Waals surface area (Å²) in [6.07, 6.45) is -12.2. The van der Waals surface area contributed by atoms with E-state index < -0.39 is 35.6 Å². The van der Waals surface area contributed by atoms with Crippen LogP contribution in [0.25, 0.3) is 0 Å². The quantitative estimate of drug-likeness (QED) is 0.495. The molecule has 29 heavy (non-hydrogen) atoms. The molecule has 0 aliphatic carbocycles. The second kappa shape index (κ2) is 8.68. The molecule has 0 saturated carbocycles. The summed E-state index contributed by atoms with van der Waals surface area (Å²) in [5, 5.41) is 13.1. The van der Waals surface area contributed by atoms with Crippen LogP contribution in [-0.2, 0) is 12.7 Å². The van der Waals surface area contributed by atoms with Gasteiger partial charge in [0.15, 0.2) is 6.10 Å². The average molecular weight is 461 g/mol. The van der Waals surface area contributed by atoms with Gasteiger partial charge in [-0.1, -0.05) is 35.3 Å². The van der Waals surface area contributed by atoms with Gasteiger partial charge in [0.2, 0.25) is 0 Å². The van der Waals surface area contributed by atoms with Crippen molar-refractivity contribution in [2.45, 2.75) is 25.0 Å². The lowest BCUT2D eigenvalue weighted by Gasteiger charge is -2.17. The Labute approximate surface area is 170 Å². The van der Waals surface area contributed by atoms with E-state index in [1.54, 1.807) is 0 Å². The molecule has 0 aliphatic rings. The van der Waals surface area contributed by atoms with Crippen LogP contribution in [0, 0.1) is 0 Å². The van der Waals surface area contributed by atoms with Crippen molar-refractivity contribution in [2.24, 2.45) is 0 Å². The Morgan fingerprint density at radius 1 is 1.00 bits per heavy atom. The van der Waals surface area contributed by atoms with Crippen LogP contribution in [0.4, 0.5) is 36.8 Å². The predicted octanol–water partition coefficient (Wildman–Crippen LogP) is 5.93. The Bertz CT molecular complexity index is 862. The van der Waals surface area contributed by atoms with Crippen LogP contribution in [0.1, 0.15) is 22.8 Å². The second-order valence-corrected chi connectivity index (χ2v) is 6.62. The maximum atomic E-state index is 12.6. The monoisotopic (exact) mass is 460 g/mol. The molecule has 0 fully saturated rings. The highest BCUT2D eigenvalue weighted by Gasteiger charge is 2.40. The van der Waals surface area contributed by atoms with E-state index in [1.165, 1.54) is 12.1 Å². The minimum atomic E-state index is -4.93. The number of alkyl halides is 6. The average Bonchev–Trinajstić information content (AvgIpc) is 2.61. The smallest absolute Gasteiger partial charge is 0.379 e. The molecule has 2 rings (SSSR count). The number of aliphatic hydroxyl groups excluding tert-OH is 1. The van der Waals surface area contributed by atoms with Crippen LogP contribution in [0.15, 0.2) is 36.4 Å². The number of hydrogen-bond acceptors (Lipinski definition) is 2. The van der Waals surface area contributed by atoms with Crippen molar-refractivity contribution in [3.05, 3.63) is 63.1 Å². The van der Waals surface area contributed by atoms with E-state index in [0.29, 0.717) is 5.56 Å². The molecule has 4 nitrogen and oxygen atoms in total. The van der Waals surface area contributed by atoms with Gasteiger partial charge < -0.3 is 15.7 Å². The van der Waals surface area contributed by atoms with Crippen LogP contribution in [0.2, 0.25) is 10.0 Å². The molecular formula is C17H12Cl2F6N2O2. The Kier molecular flexibility index (Phi) is 6.92. The van der Waals surface area contributed by atoms with Gasteiger partial charge in [0.25, 0.3) is 0 Å². The lowest BCUT2D eigenvalue weighted by Crippen LogP contribution is -2.28. The highest BCUT2D eigenvalue weighted by atomic mass is 35.5. The Morgan fingerprint density at radius 2 is 1.52 bits per heavy atom. The molecule has 12 heteroatoms. The number of aliphatic hydroxyl groups is 1. The molecule has 1 atom stereocenters. The lowest BCUT2D eigenvalue weighted by molar-refractivity contribution is -0.206. The number of carbonyl (C=O) groups excluding carboxylic acids is 1. The molecular weight excluding hydrogens is 449 g/mol. The number of hydrogen-bond donors (Lipinski definition) is 3. The van der Waals surface area contributed by atoms with Crippen molar-refractivity contribution in [2.75, 3.05) is 5.32 Å². The van der Waals surface area contributed by atoms with Gasteiger partial charge in [-0.05, 0) is 35.4 Å². The van der Waals surface area contributed by atoms with E-state index in [-0.39, 0.29) is 22.3 Å². The fourth-order valence-corrected chi connectivity index (χ4v) is 2.81. The zero-order valence-corrected chi connectivity index (χ0v) is 15.6. The van der Waals surface area contributed by atoms with Crippen molar-refractivity contribution < 1.29 is 36.2 Å². The molecule has 3 N–H and O–H groups in total. The van der Waals surface area contributed by atoms with Gasteiger partial charge >= 0.3 is 18.4 Å². The highest BCUT2D eigenvalue weighted by Crippen LogP contribution is 2.38. The third-order valence-corrected chi connectivity index (χ3v) is 4.26. The van der Waals surface area contributed by atoms with Crippen LogP contribution < -0.4 is 10.6 Å². The topological polar surface area (TPSA) is 61.4 Å². The van der Waals surface area contributed by atoms with E-state index >= 15 is 0 Å². The molecule has 2 aromatic carbocycles. The first kappa shape index (κ1) is 23.1. The number of anilines is 1. The third kappa shape index (κ3) is 6.15. The van der Waals surface area contributed by atoms with Crippen LogP contribution in [0.3, 0.4) is 0 Å². The number of halogens is 8. The zero-order chi connectivity index (χ0) is 22.0. The standard InChI is InChI=1S/C17H12Cl2F6N2O2/c18-11-5-9(14(28)17(23,24)25)6-12(19)13(11)27-15(29)26-7-8-1-3-10(4-2-8)16(20,21)22/h1-6,14,28H,7H2,(H2,26,27,29)/t14-/m0/s1. The summed E-state index contributed by atoms with van der Waals surface area (Å²) in [6.45, 7) is -0.135. The molecule has 0 bridgehead atoms. The number of rotatable bonds is 4. The molecule has 0 spiro atoms. The van der Waals surface area contributed by atoms with Crippen molar-refractivity contribution in [1.29, 1.82) is 0 Å². The summed E-state index contributed by atoms with van der Waals surface area (Å²) in [6, 6.07) is 4.82. The summed E-state index contributed by atoms with van der Waals surface area (Å²) in [7, 11) is 0. The first-order valence-electron chi connectivity index (χ1n) is 7.73. The normalized spacial score (nSPS) is 13.1. The van der Waals surface area contributed by atoms with Gasteiger partial charge in [0.1, 0.15) is 0 Å². The largest absolute Gasteiger partial charge is 0.418 e.